The van der Waals surface area contributed by atoms with Crippen LogP contribution in [0.2, 0.25) is 0 Å². The second kappa shape index (κ2) is 5.22. The Morgan fingerprint density at radius 1 is 1.22 bits per heavy atom. The van der Waals surface area contributed by atoms with Crippen LogP contribution in [-0.4, -0.2) is 17.0 Å². The van der Waals surface area contributed by atoms with Crippen molar-refractivity contribution in [3.05, 3.63) is 23.3 Å². The molecule has 0 atom stereocenters. The van der Waals surface area contributed by atoms with Crippen LogP contribution in [0, 0.1) is 5.41 Å². The number of hydrogen-bond acceptors (Lipinski definition) is 3. The molecule has 0 amide bonds. The van der Waals surface area contributed by atoms with Gasteiger partial charge in [0.15, 0.2) is 5.69 Å². The summed E-state index contributed by atoms with van der Waals surface area (Å²) in [5.41, 5.74) is -0.915. The molecule has 102 valence electrons. The Hall–Kier alpha value is -1.17. The Bertz CT molecular complexity index is 408. The SMILES string of the molecule is CNCc1cnc(CC(C)(C)C)nc1C(F)(F)F. The first-order valence-corrected chi connectivity index (χ1v) is 5.70. The van der Waals surface area contributed by atoms with E-state index in [0.29, 0.717) is 6.42 Å². The van der Waals surface area contributed by atoms with Gasteiger partial charge in [-0.1, -0.05) is 20.8 Å². The molecule has 1 N–H and O–H groups in total. The van der Waals surface area contributed by atoms with Crippen LogP contribution in [0.4, 0.5) is 13.2 Å². The van der Waals surface area contributed by atoms with E-state index >= 15 is 0 Å². The Labute approximate surface area is 105 Å². The summed E-state index contributed by atoms with van der Waals surface area (Å²) in [7, 11) is 1.59. The molecule has 1 heterocycles. The van der Waals surface area contributed by atoms with Crippen molar-refractivity contribution < 1.29 is 13.2 Å². The Morgan fingerprint density at radius 3 is 2.28 bits per heavy atom. The van der Waals surface area contributed by atoms with Crippen LogP contribution >= 0.6 is 0 Å². The second-order valence-corrected chi connectivity index (χ2v) is 5.43. The van der Waals surface area contributed by atoms with Crippen molar-refractivity contribution in [2.24, 2.45) is 5.41 Å². The van der Waals surface area contributed by atoms with Crippen molar-refractivity contribution in [1.29, 1.82) is 0 Å². The van der Waals surface area contributed by atoms with Crippen molar-refractivity contribution in [3.8, 4) is 0 Å². The number of nitrogens with zero attached hydrogens (tertiary/aromatic N) is 2. The summed E-state index contributed by atoms with van der Waals surface area (Å²) in [6.45, 7) is 5.91. The van der Waals surface area contributed by atoms with E-state index in [9.17, 15) is 13.2 Å². The molecule has 18 heavy (non-hydrogen) atoms. The monoisotopic (exact) mass is 261 g/mol. The van der Waals surface area contributed by atoms with E-state index in [1.165, 1.54) is 6.20 Å². The highest BCUT2D eigenvalue weighted by molar-refractivity contribution is 5.20. The van der Waals surface area contributed by atoms with E-state index in [1.54, 1.807) is 7.05 Å². The van der Waals surface area contributed by atoms with Crippen LogP contribution in [0.15, 0.2) is 6.20 Å². The zero-order valence-electron chi connectivity index (χ0n) is 11.0. The predicted octanol–water partition coefficient (Wildman–Crippen LogP) is 2.80. The molecule has 3 nitrogen and oxygen atoms in total. The molecule has 0 saturated carbocycles. The average molecular weight is 261 g/mol. The molecule has 1 rings (SSSR count). The van der Waals surface area contributed by atoms with Gasteiger partial charge in [0.25, 0.3) is 0 Å². The molecule has 6 heteroatoms. The Balaban J connectivity index is 3.13. The predicted molar refractivity (Wildman–Crippen MR) is 63.0 cm³/mol. The number of halogens is 3. The van der Waals surface area contributed by atoms with Crippen LogP contribution in [0.1, 0.15) is 37.9 Å². The van der Waals surface area contributed by atoms with Gasteiger partial charge < -0.3 is 5.32 Å². The van der Waals surface area contributed by atoms with Gasteiger partial charge in [0.2, 0.25) is 0 Å². The summed E-state index contributed by atoms with van der Waals surface area (Å²) >= 11 is 0. The molecular weight excluding hydrogens is 243 g/mol. The minimum Gasteiger partial charge on any atom is -0.316 e. The summed E-state index contributed by atoms with van der Waals surface area (Å²) in [5.74, 6) is 0.231. The van der Waals surface area contributed by atoms with Crippen LogP contribution in [0.5, 0.6) is 0 Å². The fourth-order valence-corrected chi connectivity index (χ4v) is 1.57. The van der Waals surface area contributed by atoms with E-state index in [-0.39, 0.29) is 23.3 Å². The van der Waals surface area contributed by atoms with Crippen LogP contribution in [0.3, 0.4) is 0 Å². The lowest BCUT2D eigenvalue weighted by molar-refractivity contribution is -0.142. The van der Waals surface area contributed by atoms with Crippen molar-refractivity contribution in [1.82, 2.24) is 15.3 Å². The van der Waals surface area contributed by atoms with Gasteiger partial charge in [0.1, 0.15) is 5.82 Å². The molecule has 0 spiro atoms. The zero-order chi connectivity index (χ0) is 14.0. The lowest BCUT2D eigenvalue weighted by atomic mass is 9.92. The lowest BCUT2D eigenvalue weighted by Crippen LogP contribution is -2.20. The maximum atomic E-state index is 12.9. The third kappa shape index (κ3) is 4.25. The van der Waals surface area contributed by atoms with E-state index in [0.717, 1.165) is 0 Å². The first-order valence-electron chi connectivity index (χ1n) is 5.70. The number of hydrogen-bond donors (Lipinski definition) is 1. The van der Waals surface area contributed by atoms with Gasteiger partial charge in [-0.15, -0.1) is 0 Å². The molecule has 0 aliphatic heterocycles. The van der Waals surface area contributed by atoms with Gasteiger partial charge in [-0.3, -0.25) is 0 Å². The normalized spacial score (nSPS) is 12.8. The minimum absolute atomic E-state index is 0.0719. The van der Waals surface area contributed by atoms with Crippen molar-refractivity contribution in [2.75, 3.05) is 7.05 Å². The smallest absolute Gasteiger partial charge is 0.316 e. The minimum atomic E-state index is -4.44. The largest absolute Gasteiger partial charge is 0.433 e. The number of alkyl halides is 3. The summed E-state index contributed by atoms with van der Waals surface area (Å²) in [4.78, 5) is 7.68. The van der Waals surface area contributed by atoms with Crippen LogP contribution < -0.4 is 5.32 Å². The Kier molecular flexibility index (Phi) is 4.32. The van der Waals surface area contributed by atoms with Gasteiger partial charge in [-0.25, -0.2) is 9.97 Å². The number of nitrogens with one attached hydrogen (secondary N) is 1. The average Bonchev–Trinajstić information content (AvgIpc) is 2.16. The van der Waals surface area contributed by atoms with Crippen molar-refractivity contribution in [2.45, 2.75) is 39.9 Å². The summed E-state index contributed by atoms with van der Waals surface area (Å²) in [5, 5.41) is 2.68. The molecule has 0 fully saturated rings. The molecule has 1 aromatic heterocycles. The van der Waals surface area contributed by atoms with Crippen molar-refractivity contribution in [3.63, 3.8) is 0 Å². The topological polar surface area (TPSA) is 37.8 Å². The highest BCUT2D eigenvalue weighted by Gasteiger charge is 2.36. The standard InChI is InChI=1S/C12H18F3N3/c1-11(2,3)5-9-17-7-8(6-16-4)10(18-9)12(13,14)15/h7,16H,5-6H2,1-4H3. The van der Waals surface area contributed by atoms with E-state index in [2.05, 4.69) is 15.3 Å². The second-order valence-electron chi connectivity index (χ2n) is 5.43. The maximum absolute atomic E-state index is 12.9. The van der Waals surface area contributed by atoms with E-state index in [1.807, 2.05) is 20.8 Å². The van der Waals surface area contributed by atoms with Crippen molar-refractivity contribution >= 4 is 0 Å². The first kappa shape index (κ1) is 14.9. The molecule has 0 bridgehead atoms. The molecule has 0 aliphatic carbocycles. The summed E-state index contributed by atoms with van der Waals surface area (Å²) in [6.07, 6.45) is -2.77. The van der Waals surface area contributed by atoms with Gasteiger partial charge in [-0.2, -0.15) is 13.2 Å². The van der Waals surface area contributed by atoms with Gasteiger partial charge >= 0.3 is 6.18 Å². The molecule has 0 aliphatic rings. The van der Waals surface area contributed by atoms with Gasteiger partial charge in [-0.05, 0) is 12.5 Å². The first-order chi connectivity index (χ1) is 8.13. The Morgan fingerprint density at radius 2 is 1.83 bits per heavy atom. The highest BCUT2D eigenvalue weighted by Crippen LogP contribution is 2.31. The summed E-state index contributed by atoms with van der Waals surface area (Å²) in [6, 6.07) is 0. The van der Waals surface area contributed by atoms with Gasteiger partial charge in [0.05, 0.1) is 0 Å². The van der Waals surface area contributed by atoms with Crippen LogP contribution in [-0.2, 0) is 19.1 Å². The molecule has 0 radical (unpaired) electrons. The van der Waals surface area contributed by atoms with E-state index in [4.69, 9.17) is 0 Å². The van der Waals surface area contributed by atoms with Crippen LogP contribution in [0.25, 0.3) is 0 Å². The third-order valence-corrected chi connectivity index (χ3v) is 2.24. The highest BCUT2D eigenvalue weighted by atomic mass is 19.4. The molecule has 0 unspecified atom stereocenters. The number of aromatic nitrogens is 2. The molecule has 0 aromatic carbocycles. The maximum Gasteiger partial charge on any atom is 0.433 e. The fraction of sp³-hybridized carbons (Fsp3) is 0.667. The fourth-order valence-electron chi connectivity index (χ4n) is 1.57. The zero-order valence-corrected chi connectivity index (χ0v) is 11.0. The molecule has 1 aromatic rings. The molecular formula is C12H18F3N3. The quantitative estimate of drug-likeness (QED) is 0.909. The summed E-state index contributed by atoms with van der Waals surface area (Å²) < 4.78 is 38.6. The van der Waals surface area contributed by atoms with E-state index < -0.39 is 11.9 Å². The lowest BCUT2D eigenvalue weighted by Gasteiger charge is -2.18. The number of rotatable bonds is 3. The third-order valence-electron chi connectivity index (χ3n) is 2.24. The van der Waals surface area contributed by atoms with Gasteiger partial charge in [0, 0.05) is 24.7 Å². The molecule has 0 saturated heterocycles.